The zero-order chi connectivity index (χ0) is 12.8. The van der Waals surface area contributed by atoms with Crippen molar-refractivity contribution in [2.45, 2.75) is 38.5 Å². The van der Waals surface area contributed by atoms with Crippen LogP contribution < -0.4 is 0 Å². The highest BCUT2D eigenvalue weighted by atomic mass is 35.5. The second kappa shape index (κ2) is 4.02. The molecule has 2 nitrogen and oxygen atoms in total. The van der Waals surface area contributed by atoms with Gasteiger partial charge in [-0.3, -0.25) is 4.79 Å². The van der Waals surface area contributed by atoms with Crippen LogP contribution in [-0.4, -0.2) is 11.1 Å². The van der Waals surface area contributed by atoms with E-state index in [4.69, 9.17) is 16.7 Å². The van der Waals surface area contributed by atoms with E-state index in [1.165, 1.54) is 0 Å². The minimum absolute atomic E-state index is 0.0192. The van der Waals surface area contributed by atoms with Gasteiger partial charge in [0.05, 0.1) is 5.92 Å². The van der Waals surface area contributed by atoms with E-state index in [0.29, 0.717) is 0 Å². The molecule has 2 rings (SSSR count). The van der Waals surface area contributed by atoms with Gasteiger partial charge in [-0.15, -0.1) is 0 Å². The van der Waals surface area contributed by atoms with Gasteiger partial charge >= 0.3 is 5.97 Å². The maximum Gasteiger partial charge on any atom is 0.307 e. The molecule has 2 atom stereocenters. The Morgan fingerprint density at radius 3 is 2.47 bits per heavy atom. The van der Waals surface area contributed by atoms with Gasteiger partial charge in [0.1, 0.15) is 0 Å². The number of carbonyl (C=O) groups is 1. The van der Waals surface area contributed by atoms with Gasteiger partial charge in [0, 0.05) is 5.02 Å². The van der Waals surface area contributed by atoms with Crippen LogP contribution in [0.2, 0.25) is 5.02 Å². The standard InChI is InChI=1S/C14H17ClO2/c1-14(2,3)11-5-4-8(6-12(11)15)9-7-10(9)13(16)17/h4-6,9-10H,7H2,1-3H3,(H,16,17). The lowest BCUT2D eigenvalue weighted by Gasteiger charge is -2.21. The first-order valence-corrected chi connectivity index (χ1v) is 6.21. The van der Waals surface area contributed by atoms with E-state index in [1.807, 2.05) is 18.2 Å². The second-order valence-corrected chi connectivity index (χ2v) is 6.18. The Labute approximate surface area is 107 Å². The molecule has 0 amide bonds. The molecule has 1 saturated carbocycles. The summed E-state index contributed by atoms with van der Waals surface area (Å²) in [5, 5.41) is 9.65. The zero-order valence-corrected chi connectivity index (χ0v) is 11.1. The van der Waals surface area contributed by atoms with Crippen LogP contribution in [0.3, 0.4) is 0 Å². The number of carboxylic acids is 1. The van der Waals surface area contributed by atoms with Gasteiger partial charge in [-0.2, -0.15) is 0 Å². The van der Waals surface area contributed by atoms with E-state index in [0.717, 1.165) is 22.6 Å². The fraction of sp³-hybridized carbons (Fsp3) is 0.500. The molecule has 17 heavy (non-hydrogen) atoms. The van der Waals surface area contributed by atoms with Crippen molar-refractivity contribution in [3.8, 4) is 0 Å². The molecule has 3 heteroatoms. The molecule has 0 bridgehead atoms. The Morgan fingerprint density at radius 1 is 1.41 bits per heavy atom. The van der Waals surface area contributed by atoms with Crippen molar-refractivity contribution in [1.82, 2.24) is 0 Å². The highest BCUT2D eigenvalue weighted by Crippen LogP contribution is 2.48. The average molecular weight is 253 g/mol. The van der Waals surface area contributed by atoms with Gasteiger partial charge in [-0.25, -0.2) is 0 Å². The third-order valence-corrected chi connectivity index (χ3v) is 3.65. The molecule has 1 aromatic carbocycles. The first-order valence-electron chi connectivity index (χ1n) is 5.83. The molecule has 0 heterocycles. The fourth-order valence-corrected chi connectivity index (χ4v) is 2.68. The summed E-state index contributed by atoms with van der Waals surface area (Å²) in [6, 6.07) is 5.96. The van der Waals surface area contributed by atoms with Crippen LogP contribution in [0.1, 0.15) is 44.2 Å². The fourth-order valence-electron chi connectivity index (χ4n) is 2.21. The predicted molar refractivity (Wildman–Crippen MR) is 68.6 cm³/mol. The quantitative estimate of drug-likeness (QED) is 0.869. The molecule has 0 radical (unpaired) electrons. The van der Waals surface area contributed by atoms with Crippen molar-refractivity contribution in [2.75, 3.05) is 0 Å². The largest absolute Gasteiger partial charge is 0.481 e. The van der Waals surface area contributed by atoms with Crippen molar-refractivity contribution < 1.29 is 9.90 Å². The first kappa shape index (κ1) is 12.4. The lowest BCUT2D eigenvalue weighted by Crippen LogP contribution is -2.11. The smallest absolute Gasteiger partial charge is 0.307 e. The molecule has 0 aliphatic heterocycles. The minimum Gasteiger partial charge on any atom is -0.481 e. The minimum atomic E-state index is -0.703. The highest BCUT2D eigenvalue weighted by molar-refractivity contribution is 6.31. The van der Waals surface area contributed by atoms with Crippen molar-refractivity contribution in [2.24, 2.45) is 5.92 Å². The SMILES string of the molecule is CC(C)(C)c1ccc(C2CC2C(=O)O)cc1Cl. The van der Waals surface area contributed by atoms with Crippen LogP contribution in [-0.2, 0) is 10.2 Å². The maximum absolute atomic E-state index is 10.8. The summed E-state index contributed by atoms with van der Waals surface area (Å²) < 4.78 is 0. The Hall–Kier alpha value is -1.02. The lowest BCUT2D eigenvalue weighted by atomic mass is 9.86. The van der Waals surface area contributed by atoms with Crippen LogP contribution >= 0.6 is 11.6 Å². The molecule has 1 fully saturated rings. The van der Waals surface area contributed by atoms with Crippen molar-refractivity contribution in [3.05, 3.63) is 34.3 Å². The van der Waals surface area contributed by atoms with E-state index in [1.54, 1.807) is 0 Å². The summed E-state index contributed by atoms with van der Waals surface area (Å²) in [7, 11) is 0. The molecule has 1 aliphatic carbocycles. The number of halogens is 1. The van der Waals surface area contributed by atoms with Crippen molar-refractivity contribution in [3.63, 3.8) is 0 Å². The number of benzene rings is 1. The van der Waals surface area contributed by atoms with Crippen LogP contribution in [0, 0.1) is 5.92 Å². The molecular weight excluding hydrogens is 236 g/mol. The molecule has 1 aliphatic rings. The topological polar surface area (TPSA) is 37.3 Å². The Bertz CT molecular complexity index is 460. The molecule has 2 unspecified atom stereocenters. The van der Waals surface area contributed by atoms with Crippen LogP contribution in [0.5, 0.6) is 0 Å². The van der Waals surface area contributed by atoms with Gasteiger partial charge in [0.15, 0.2) is 0 Å². The predicted octanol–water partition coefficient (Wildman–Crippen LogP) is 3.83. The van der Waals surface area contributed by atoms with E-state index < -0.39 is 5.97 Å². The number of aliphatic carboxylic acids is 1. The molecular formula is C14H17ClO2. The Morgan fingerprint density at radius 2 is 2.06 bits per heavy atom. The van der Waals surface area contributed by atoms with E-state index >= 15 is 0 Å². The third kappa shape index (κ3) is 2.47. The summed E-state index contributed by atoms with van der Waals surface area (Å²) in [4.78, 5) is 10.8. The van der Waals surface area contributed by atoms with Gasteiger partial charge in [-0.05, 0) is 34.9 Å². The molecule has 0 spiro atoms. The Kier molecular flexibility index (Phi) is 2.94. The average Bonchev–Trinajstić information content (AvgIpc) is 2.94. The van der Waals surface area contributed by atoms with Gasteiger partial charge < -0.3 is 5.11 Å². The summed E-state index contributed by atoms with van der Waals surface area (Å²) >= 11 is 6.27. The summed E-state index contributed by atoms with van der Waals surface area (Å²) in [5.41, 5.74) is 2.18. The summed E-state index contributed by atoms with van der Waals surface area (Å²) in [5.74, 6) is -0.767. The lowest BCUT2D eigenvalue weighted by molar-refractivity contribution is -0.138. The summed E-state index contributed by atoms with van der Waals surface area (Å²) in [6.45, 7) is 6.35. The van der Waals surface area contributed by atoms with Crippen molar-refractivity contribution >= 4 is 17.6 Å². The Balaban J connectivity index is 2.24. The normalized spacial score (nSPS) is 23.5. The molecule has 1 N–H and O–H groups in total. The van der Waals surface area contributed by atoms with Gasteiger partial charge in [-0.1, -0.05) is 44.5 Å². The maximum atomic E-state index is 10.8. The number of carboxylic acid groups (broad SMARTS) is 1. The second-order valence-electron chi connectivity index (χ2n) is 5.78. The third-order valence-electron chi connectivity index (χ3n) is 3.34. The summed E-state index contributed by atoms with van der Waals surface area (Å²) in [6.07, 6.45) is 0.737. The molecule has 0 aromatic heterocycles. The van der Waals surface area contributed by atoms with E-state index in [-0.39, 0.29) is 17.3 Å². The monoisotopic (exact) mass is 252 g/mol. The first-order chi connectivity index (χ1) is 7.80. The van der Waals surface area contributed by atoms with E-state index in [9.17, 15) is 4.79 Å². The van der Waals surface area contributed by atoms with Gasteiger partial charge in [0.2, 0.25) is 0 Å². The van der Waals surface area contributed by atoms with E-state index in [2.05, 4.69) is 20.8 Å². The van der Waals surface area contributed by atoms with Crippen LogP contribution in [0.15, 0.2) is 18.2 Å². The number of hydrogen-bond donors (Lipinski definition) is 1. The zero-order valence-electron chi connectivity index (χ0n) is 10.3. The highest BCUT2D eigenvalue weighted by Gasteiger charge is 2.44. The number of hydrogen-bond acceptors (Lipinski definition) is 1. The number of rotatable bonds is 2. The van der Waals surface area contributed by atoms with Crippen LogP contribution in [0.4, 0.5) is 0 Å². The van der Waals surface area contributed by atoms with Crippen LogP contribution in [0.25, 0.3) is 0 Å². The molecule has 92 valence electrons. The molecule has 1 aromatic rings. The molecule has 0 saturated heterocycles. The van der Waals surface area contributed by atoms with Crippen molar-refractivity contribution in [1.29, 1.82) is 0 Å². The van der Waals surface area contributed by atoms with Gasteiger partial charge in [0.25, 0.3) is 0 Å².